The molecule has 0 aliphatic carbocycles. The van der Waals surface area contributed by atoms with E-state index in [1.54, 1.807) is 0 Å². The number of nitrogens with zero attached hydrogens (tertiary/aromatic N) is 1. The van der Waals surface area contributed by atoms with Gasteiger partial charge in [-0.1, -0.05) is 5.16 Å². The smallest absolute Gasteiger partial charge is 0.323 e. The van der Waals surface area contributed by atoms with Gasteiger partial charge in [0.1, 0.15) is 0 Å². The Kier molecular flexibility index (Phi) is 3.43. The zero-order valence-electron chi connectivity index (χ0n) is 7.87. The Balaban J connectivity index is 2.62. The number of carboxylic acids is 1. The molecule has 0 spiro atoms. The lowest BCUT2D eigenvalue weighted by atomic mass is 10.5. The second kappa shape index (κ2) is 4.41. The Bertz CT molecular complexity index is 424. The molecule has 15 heavy (non-hydrogen) atoms. The second-order valence-electron chi connectivity index (χ2n) is 2.83. The first-order chi connectivity index (χ1) is 6.93. The van der Waals surface area contributed by atoms with E-state index in [0.717, 1.165) is 6.92 Å². The number of hydrogen-bond acceptors (Lipinski definition) is 5. The van der Waals surface area contributed by atoms with Crippen LogP contribution in [0.4, 0.5) is 0 Å². The summed E-state index contributed by atoms with van der Waals surface area (Å²) in [6.45, 7) is 0.977. The Hall–Kier alpha value is -1.41. The summed E-state index contributed by atoms with van der Waals surface area (Å²) in [6.07, 6.45) is 1.37. The molecule has 2 N–H and O–H groups in total. The molecular formula is C7H10N2O5S. The van der Waals surface area contributed by atoms with Crippen molar-refractivity contribution in [3.8, 4) is 0 Å². The Labute approximate surface area is 86.1 Å². The maximum atomic E-state index is 11.3. The van der Waals surface area contributed by atoms with Crippen LogP contribution in [0.15, 0.2) is 16.8 Å². The summed E-state index contributed by atoms with van der Waals surface area (Å²) in [7, 11) is -3.87. The number of rotatable bonds is 5. The molecule has 1 aromatic rings. The van der Waals surface area contributed by atoms with Gasteiger partial charge in [0.2, 0.25) is 10.0 Å². The van der Waals surface area contributed by atoms with Crippen molar-refractivity contribution in [1.82, 2.24) is 9.88 Å². The highest BCUT2D eigenvalue weighted by Gasteiger charge is 2.27. The van der Waals surface area contributed by atoms with Gasteiger partial charge in [0, 0.05) is 6.07 Å². The van der Waals surface area contributed by atoms with Gasteiger partial charge >= 0.3 is 5.97 Å². The molecule has 0 saturated heterocycles. The standard InChI is InChI=1S/C7H10N2O5S/c1-5(7(10)11)15(12,13)9-4-6-2-3-8-14-6/h2-3,5,9H,4H2,1H3,(H,10,11). The van der Waals surface area contributed by atoms with E-state index in [2.05, 4.69) is 14.4 Å². The number of aliphatic carboxylic acids is 1. The summed E-state index contributed by atoms with van der Waals surface area (Å²) in [5.41, 5.74) is 0. The first kappa shape index (κ1) is 11.7. The van der Waals surface area contributed by atoms with Crippen LogP contribution in [0.25, 0.3) is 0 Å². The number of carbonyl (C=O) groups is 1. The van der Waals surface area contributed by atoms with Crippen LogP contribution >= 0.6 is 0 Å². The van der Waals surface area contributed by atoms with E-state index in [0.29, 0.717) is 5.76 Å². The first-order valence-corrected chi connectivity index (χ1v) is 5.59. The lowest BCUT2D eigenvalue weighted by molar-refractivity contribution is -0.136. The van der Waals surface area contributed by atoms with Crippen LogP contribution < -0.4 is 4.72 Å². The summed E-state index contributed by atoms with van der Waals surface area (Å²) in [5, 5.41) is 10.4. The molecular weight excluding hydrogens is 224 g/mol. The monoisotopic (exact) mass is 234 g/mol. The maximum absolute atomic E-state index is 11.3. The van der Waals surface area contributed by atoms with Gasteiger partial charge in [0.05, 0.1) is 12.7 Å². The number of hydrogen-bond donors (Lipinski definition) is 2. The SMILES string of the molecule is CC(C(=O)O)S(=O)(=O)NCc1ccno1. The van der Waals surface area contributed by atoms with Crippen molar-refractivity contribution in [3.63, 3.8) is 0 Å². The minimum Gasteiger partial charge on any atom is -0.480 e. The molecule has 0 fully saturated rings. The third kappa shape index (κ3) is 3.03. The predicted molar refractivity (Wildman–Crippen MR) is 49.4 cm³/mol. The molecule has 1 unspecified atom stereocenters. The minimum absolute atomic E-state index is 0.111. The van der Waals surface area contributed by atoms with Crippen LogP contribution in [0.1, 0.15) is 12.7 Å². The van der Waals surface area contributed by atoms with Crippen molar-refractivity contribution < 1.29 is 22.8 Å². The van der Waals surface area contributed by atoms with Gasteiger partial charge in [0.15, 0.2) is 11.0 Å². The molecule has 0 aliphatic heterocycles. The van der Waals surface area contributed by atoms with Crippen LogP contribution in [0.5, 0.6) is 0 Å². The van der Waals surface area contributed by atoms with Crippen molar-refractivity contribution >= 4 is 16.0 Å². The second-order valence-corrected chi connectivity index (χ2v) is 4.91. The van der Waals surface area contributed by atoms with Crippen molar-refractivity contribution in [2.45, 2.75) is 18.7 Å². The molecule has 1 heterocycles. The molecule has 0 amide bonds. The number of aromatic nitrogens is 1. The van der Waals surface area contributed by atoms with Crippen LogP contribution in [-0.2, 0) is 21.4 Å². The number of carboxylic acid groups (broad SMARTS) is 1. The van der Waals surface area contributed by atoms with E-state index < -0.39 is 21.2 Å². The van der Waals surface area contributed by atoms with Gasteiger partial charge in [-0.25, -0.2) is 13.1 Å². The van der Waals surface area contributed by atoms with Crippen molar-refractivity contribution in [3.05, 3.63) is 18.0 Å². The fourth-order valence-electron chi connectivity index (χ4n) is 0.763. The van der Waals surface area contributed by atoms with E-state index in [-0.39, 0.29) is 6.54 Å². The summed E-state index contributed by atoms with van der Waals surface area (Å²) in [4.78, 5) is 10.5. The highest BCUT2D eigenvalue weighted by molar-refractivity contribution is 7.90. The lowest BCUT2D eigenvalue weighted by Gasteiger charge is -2.08. The number of nitrogens with one attached hydrogen (secondary N) is 1. The highest BCUT2D eigenvalue weighted by atomic mass is 32.2. The summed E-state index contributed by atoms with van der Waals surface area (Å²) >= 11 is 0. The Morgan fingerprint density at radius 3 is 2.87 bits per heavy atom. The average molecular weight is 234 g/mol. The zero-order valence-corrected chi connectivity index (χ0v) is 8.69. The fraction of sp³-hybridized carbons (Fsp3) is 0.429. The summed E-state index contributed by atoms with van der Waals surface area (Å²) < 4.78 is 29.4. The van der Waals surface area contributed by atoms with E-state index in [1.165, 1.54) is 12.3 Å². The van der Waals surface area contributed by atoms with Gasteiger partial charge in [-0.15, -0.1) is 0 Å². The van der Waals surface area contributed by atoms with Crippen LogP contribution in [0, 0.1) is 0 Å². The Morgan fingerprint density at radius 2 is 2.40 bits per heavy atom. The maximum Gasteiger partial charge on any atom is 0.323 e. The molecule has 1 rings (SSSR count). The van der Waals surface area contributed by atoms with E-state index in [1.807, 2.05) is 0 Å². The van der Waals surface area contributed by atoms with Gasteiger partial charge in [0.25, 0.3) is 0 Å². The fourth-order valence-corrected chi connectivity index (χ4v) is 1.62. The zero-order chi connectivity index (χ0) is 11.5. The van der Waals surface area contributed by atoms with Crippen LogP contribution in [0.3, 0.4) is 0 Å². The van der Waals surface area contributed by atoms with Crippen LogP contribution in [0.2, 0.25) is 0 Å². The lowest BCUT2D eigenvalue weighted by Crippen LogP contribution is -2.37. The largest absolute Gasteiger partial charge is 0.480 e. The molecule has 1 atom stereocenters. The quantitative estimate of drug-likeness (QED) is 0.715. The molecule has 0 bridgehead atoms. The van der Waals surface area contributed by atoms with E-state index in [9.17, 15) is 13.2 Å². The topological polar surface area (TPSA) is 110 Å². The average Bonchev–Trinajstić information content (AvgIpc) is 2.66. The normalized spacial score (nSPS) is 13.7. The van der Waals surface area contributed by atoms with Crippen LogP contribution in [-0.4, -0.2) is 29.9 Å². The Morgan fingerprint density at radius 1 is 1.73 bits per heavy atom. The van der Waals surface area contributed by atoms with E-state index >= 15 is 0 Å². The van der Waals surface area contributed by atoms with Crippen molar-refractivity contribution in [1.29, 1.82) is 0 Å². The third-order valence-corrected chi connectivity index (χ3v) is 3.43. The van der Waals surface area contributed by atoms with E-state index in [4.69, 9.17) is 5.11 Å². The van der Waals surface area contributed by atoms with Gasteiger partial charge in [-0.2, -0.15) is 0 Å². The van der Waals surface area contributed by atoms with Gasteiger partial charge in [-0.3, -0.25) is 4.79 Å². The molecule has 7 nitrogen and oxygen atoms in total. The summed E-state index contributed by atoms with van der Waals surface area (Å²) in [5.74, 6) is -1.09. The molecule has 84 valence electrons. The highest BCUT2D eigenvalue weighted by Crippen LogP contribution is 2.01. The minimum atomic E-state index is -3.87. The number of sulfonamides is 1. The predicted octanol–water partition coefficient (Wildman–Crippen LogP) is -0.433. The summed E-state index contributed by atoms with van der Waals surface area (Å²) in [6, 6.07) is 1.48. The molecule has 8 heteroatoms. The third-order valence-electron chi connectivity index (χ3n) is 1.75. The molecule has 0 saturated carbocycles. The first-order valence-electron chi connectivity index (χ1n) is 4.04. The molecule has 0 aliphatic rings. The van der Waals surface area contributed by atoms with Crippen molar-refractivity contribution in [2.75, 3.05) is 0 Å². The van der Waals surface area contributed by atoms with Gasteiger partial charge in [-0.05, 0) is 6.92 Å². The molecule has 0 radical (unpaired) electrons. The molecule has 0 aromatic carbocycles. The molecule has 1 aromatic heterocycles. The van der Waals surface area contributed by atoms with Gasteiger partial charge < -0.3 is 9.63 Å². The van der Waals surface area contributed by atoms with Crippen molar-refractivity contribution in [2.24, 2.45) is 0 Å².